The second-order valence-corrected chi connectivity index (χ2v) is 3.61. The molecule has 0 aliphatic rings. The number of aryl methyl sites for hydroxylation is 1. The van der Waals surface area contributed by atoms with E-state index >= 15 is 0 Å². The third-order valence-electron chi connectivity index (χ3n) is 1.68. The fraction of sp³-hybridized carbons (Fsp3) is 0.100. The van der Waals surface area contributed by atoms with Gasteiger partial charge in [-0.3, -0.25) is 0 Å². The van der Waals surface area contributed by atoms with Crippen molar-refractivity contribution in [3.05, 3.63) is 39.4 Å². The van der Waals surface area contributed by atoms with Crippen LogP contribution < -0.4 is 0 Å². The van der Waals surface area contributed by atoms with Gasteiger partial charge in [0.25, 0.3) is 0 Å². The standard InChI is InChI=1S/C10H8Cl2O2/c1-6-4-7(2-3-10(13)14)9(12)5-8(6)11/h2-5H,1H3,(H,13,14)/b3-2+. The van der Waals surface area contributed by atoms with Gasteiger partial charge < -0.3 is 5.11 Å². The molecule has 0 saturated heterocycles. The van der Waals surface area contributed by atoms with Crippen LogP contribution in [0.15, 0.2) is 18.2 Å². The average molecular weight is 231 g/mol. The lowest BCUT2D eigenvalue weighted by Gasteiger charge is -2.02. The molecule has 2 nitrogen and oxygen atoms in total. The van der Waals surface area contributed by atoms with Crippen LogP contribution in [0.2, 0.25) is 10.0 Å². The maximum atomic E-state index is 10.3. The third-order valence-corrected chi connectivity index (χ3v) is 2.42. The van der Waals surface area contributed by atoms with Gasteiger partial charge in [0.05, 0.1) is 0 Å². The predicted molar refractivity (Wildman–Crippen MR) is 57.9 cm³/mol. The van der Waals surface area contributed by atoms with Crippen molar-refractivity contribution >= 4 is 35.2 Å². The van der Waals surface area contributed by atoms with Crippen molar-refractivity contribution in [2.45, 2.75) is 6.92 Å². The molecule has 74 valence electrons. The molecule has 0 aromatic heterocycles. The van der Waals surface area contributed by atoms with E-state index in [1.165, 1.54) is 6.08 Å². The van der Waals surface area contributed by atoms with Crippen LogP contribution in [0.4, 0.5) is 0 Å². The Bertz CT molecular complexity index is 397. The summed E-state index contributed by atoms with van der Waals surface area (Å²) in [4.78, 5) is 10.3. The van der Waals surface area contributed by atoms with Crippen LogP contribution in [-0.2, 0) is 4.79 Å². The van der Waals surface area contributed by atoms with E-state index in [1.54, 1.807) is 12.1 Å². The fourth-order valence-electron chi connectivity index (χ4n) is 0.968. The summed E-state index contributed by atoms with van der Waals surface area (Å²) in [6, 6.07) is 3.34. The van der Waals surface area contributed by atoms with E-state index in [4.69, 9.17) is 28.3 Å². The van der Waals surface area contributed by atoms with Gasteiger partial charge in [-0.1, -0.05) is 23.2 Å². The number of carboxylic acids is 1. The highest BCUT2D eigenvalue weighted by Crippen LogP contribution is 2.25. The summed E-state index contributed by atoms with van der Waals surface area (Å²) in [5.74, 6) is -1.01. The predicted octanol–water partition coefficient (Wildman–Crippen LogP) is 3.40. The van der Waals surface area contributed by atoms with Gasteiger partial charge >= 0.3 is 5.97 Å². The molecule has 4 heteroatoms. The summed E-state index contributed by atoms with van der Waals surface area (Å²) in [6.07, 6.45) is 2.47. The molecular formula is C10H8Cl2O2. The van der Waals surface area contributed by atoms with Crippen LogP contribution in [0.3, 0.4) is 0 Å². The number of hydrogen-bond donors (Lipinski definition) is 1. The summed E-state index contributed by atoms with van der Waals surface area (Å²) < 4.78 is 0. The van der Waals surface area contributed by atoms with Gasteiger partial charge in [-0.15, -0.1) is 0 Å². The molecule has 1 rings (SSSR count). The normalized spacial score (nSPS) is 10.8. The minimum atomic E-state index is -1.01. The molecule has 0 fully saturated rings. The molecule has 0 heterocycles. The highest BCUT2D eigenvalue weighted by Gasteiger charge is 2.02. The number of halogens is 2. The molecule has 0 aliphatic heterocycles. The van der Waals surface area contributed by atoms with Crippen molar-refractivity contribution in [3.8, 4) is 0 Å². The van der Waals surface area contributed by atoms with Crippen molar-refractivity contribution in [1.29, 1.82) is 0 Å². The third kappa shape index (κ3) is 2.76. The van der Waals surface area contributed by atoms with E-state index in [1.807, 2.05) is 6.92 Å². The number of carboxylic acid groups (broad SMARTS) is 1. The summed E-state index contributed by atoms with van der Waals surface area (Å²) in [6.45, 7) is 1.83. The van der Waals surface area contributed by atoms with Gasteiger partial charge in [-0.25, -0.2) is 4.79 Å². The Morgan fingerprint density at radius 2 is 2.00 bits per heavy atom. The molecule has 0 amide bonds. The van der Waals surface area contributed by atoms with Crippen molar-refractivity contribution in [2.75, 3.05) is 0 Å². The van der Waals surface area contributed by atoms with Gasteiger partial charge in [0.15, 0.2) is 0 Å². The Hall–Kier alpha value is -0.990. The Morgan fingerprint density at radius 3 is 2.57 bits per heavy atom. The second-order valence-electron chi connectivity index (χ2n) is 2.79. The molecule has 0 atom stereocenters. The summed E-state index contributed by atoms with van der Waals surface area (Å²) in [5, 5.41) is 9.45. The minimum absolute atomic E-state index is 0.443. The van der Waals surface area contributed by atoms with Gasteiger partial charge in [0, 0.05) is 16.1 Å². The summed E-state index contributed by atoms with van der Waals surface area (Å²) in [5.41, 5.74) is 1.51. The first-order valence-corrected chi connectivity index (χ1v) is 4.63. The first-order valence-electron chi connectivity index (χ1n) is 3.87. The molecule has 0 radical (unpaired) electrons. The van der Waals surface area contributed by atoms with Crippen LogP contribution in [0.1, 0.15) is 11.1 Å². The Labute approximate surface area is 91.8 Å². The average Bonchev–Trinajstić information content (AvgIpc) is 2.09. The molecule has 0 bridgehead atoms. The quantitative estimate of drug-likeness (QED) is 0.792. The van der Waals surface area contributed by atoms with E-state index in [0.717, 1.165) is 11.6 Å². The zero-order valence-electron chi connectivity index (χ0n) is 7.42. The van der Waals surface area contributed by atoms with Crippen molar-refractivity contribution in [3.63, 3.8) is 0 Å². The number of hydrogen-bond acceptors (Lipinski definition) is 1. The van der Waals surface area contributed by atoms with Crippen LogP contribution in [0.5, 0.6) is 0 Å². The van der Waals surface area contributed by atoms with E-state index in [-0.39, 0.29) is 0 Å². The fourth-order valence-corrected chi connectivity index (χ4v) is 1.41. The van der Waals surface area contributed by atoms with Gasteiger partial charge in [0.1, 0.15) is 0 Å². The summed E-state index contributed by atoms with van der Waals surface area (Å²) in [7, 11) is 0. The maximum absolute atomic E-state index is 10.3. The van der Waals surface area contributed by atoms with Gasteiger partial charge in [-0.05, 0) is 36.3 Å². The molecule has 1 N–H and O–H groups in total. The molecule has 0 spiro atoms. The zero-order valence-corrected chi connectivity index (χ0v) is 8.93. The lowest BCUT2D eigenvalue weighted by atomic mass is 10.1. The summed E-state index contributed by atoms with van der Waals surface area (Å²) >= 11 is 11.7. The molecule has 1 aromatic rings. The topological polar surface area (TPSA) is 37.3 Å². The van der Waals surface area contributed by atoms with Gasteiger partial charge in [0.2, 0.25) is 0 Å². The number of benzene rings is 1. The van der Waals surface area contributed by atoms with Crippen LogP contribution in [-0.4, -0.2) is 11.1 Å². The number of rotatable bonds is 2. The monoisotopic (exact) mass is 230 g/mol. The first-order chi connectivity index (χ1) is 6.50. The van der Waals surface area contributed by atoms with Gasteiger partial charge in [-0.2, -0.15) is 0 Å². The van der Waals surface area contributed by atoms with E-state index in [0.29, 0.717) is 15.6 Å². The molecule has 0 saturated carbocycles. The lowest BCUT2D eigenvalue weighted by Crippen LogP contribution is -1.87. The van der Waals surface area contributed by atoms with Crippen molar-refractivity contribution in [2.24, 2.45) is 0 Å². The van der Waals surface area contributed by atoms with Crippen LogP contribution in [0.25, 0.3) is 6.08 Å². The number of carbonyl (C=O) groups is 1. The number of aliphatic carboxylic acids is 1. The highest BCUT2D eigenvalue weighted by molar-refractivity contribution is 6.36. The second kappa shape index (κ2) is 4.49. The van der Waals surface area contributed by atoms with E-state index in [9.17, 15) is 4.79 Å². The molecule has 0 aliphatic carbocycles. The maximum Gasteiger partial charge on any atom is 0.328 e. The lowest BCUT2D eigenvalue weighted by molar-refractivity contribution is -0.131. The Kier molecular flexibility index (Phi) is 3.55. The molecule has 1 aromatic carbocycles. The smallest absolute Gasteiger partial charge is 0.328 e. The van der Waals surface area contributed by atoms with E-state index in [2.05, 4.69) is 0 Å². The molecule has 0 unspecified atom stereocenters. The molecule has 14 heavy (non-hydrogen) atoms. The van der Waals surface area contributed by atoms with E-state index < -0.39 is 5.97 Å². The SMILES string of the molecule is Cc1cc(/C=C/C(=O)O)c(Cl)cc1Cl. The minimum Gasteiger partial charge on any atom is -0.478 e. The van der Waals surface area contributed by atoms with Crippen molar-refractivity contribution in [1.82, 2.24) is 0 Å². The zero-order chi connectivity index (χ0) is 10.7. The molecular weight excluding hydrogens is 223 g/mol. The Balaban J connectivity index is 3.10. The van der Waals surface area contributed by atoms with Crippen LogP contribution >= 0.6 is 23.2 Å². The first kappa shape index (κ1) is 11.1. The van der Waals surface area contributed by atoms with Crippen LogP contribution in [0, 0.1) is 6.92 Å². The van der Waals surface area contributed by atoms with Crippen molar-refractivity contribution < 1.29 is 9.90 Å². The Morgan fingerprint density at radius 1 is 1.36 bits per heavy atom. The largest absolute Gasteiger partial charge is 0.478 e. The highest BCUT2D eigenvalue weighted by atomic mass is 35.5.